The van der Waals surface area contributed by atoms with Crippen molar-refractivity contribution in [3.8, 4) is 6.07 Å². The number of hydrogen-bond donors (Lipinski definition) is 1. The predicted octanol–water partition coefficient (Wildman–Crippen LogP) is 2.56. The third-order valence-electron chi connectivity index (χ3n) is 5.25. The first-order valence-corrected chi connectivity index (χ1v) is 9.73. The molecule has 26 heavy (non-hydrogen) atoms. The molecule has 1 fully saturated rings. The van der Waals surface area contributed by atoms with E-state index in [9.17, 15) is 19.6 Å². The Balaban J connectivity index is 1.47. The lowest BCUT2D eigenvalue weighted by Crippen LogP contribution is -2.38. The van der Waals surface area contributed by atoms with E-state index < -0.39 is 17.7 Å². The summed E-state index contributed by atoms with van der Waals surface area (Å²) in [4.78, 5) is 39.6. The van der Waals surface area contributed by atoms with E-state index in [1.165, 1.54) is 11.3 Å². The van der Waals surface area contributed by atoms with Crippen LogP contribution in [0.15, 0.2) is 11.1 Å². The number of nitrogens with one attached hydrogen (secondary N) is 1. The number of rotatable bonds is 3. The minimum atomic E-state index is -0.465. The smallest absolute Gasteiger partial charge is 0.245 e. The quantitative estimate of drug-likeness (QED) is 0.804. The molecule has 1 aromatic heterocycles. The number of anilines is 1. The summed E-state index contributed by atoms with van der Waals surface area (Å²) >= 11 is 7.41. The number of carbonyl (C=O) groups excluding carboxylic acids is 3. The van der Waals surface area contributed by atoms with Crippen molar-refractivity contribution in [1.29, 1.82) is 5.26 Å². The molecule has 1 aromatic rings. The molecule has 1 saturated heterocycles. The van der Waals surface area contributed by atoms with Crippen LogP contribution in [-0.4, -0.2) is 29.2 Å². The maximum absolute atomic E-state index is 12.5. The van der Waals surface area contributed by atoms with E-state index in [4.69, 9.17) is 11.6 Å². The van der Waals surface area contributed by atoms with Gasteiger partial charge in [-0.2, -0.15) is 5.26 Å². The maximum Gasteiger partial charge on any atom is 0.245 e. The topological polar surface area (TPSA) is 90.3 Å². The zero-order valence-electron chi connectivity index (χ0n) is 13.9. The van der Waals surface area contributed by atoms with Crippen LogP contribution < -0.4 is 5.32 Å². The Morgan fingerprint density at radius 2 is 2.12 bits per heavy atom. The van der Waals surface area contributed by atoms with E-state index in [1.807, 2.05) is 0 Å². The predicted molar refractivity (Wildman–Crippen MR) is 96.6 cm³/mol. The Kier molecular flexibility index (Phi) is 4.33. The first-order valence-electron chi connectivity index (χ1n) is 8.53. The van der Waals surface area contributed by atoms with Crippen LogP contribution in [0.1, 0.15) is 35.3 Å². The van der Waals surface area contributed by atoms with Gasteiger partial charge in [0.15, 0.2) is 0 Å². The summed E-state index contributed by atoms with van der Waals surface area (Å²) in [5.74, 6) is -1.99. The molecule has 0 spiro atoms. The third kappa shape index (κ3) is 2.74. The number of carbonyl (C=O) groups is 3. The Labute approximate surface area is 159 Å². The lowest BCUT2D eigenvalue weighted by molar-refractivity contribution is -0.142. The van der Waals surface area contributed by atoms with Gasteiger partial charge in [-0.1, -0.05) is 17.7 Å². The van der Waals surface area contributed by atoms with E-state index in [0.717, 1.165) is 34.6 Å². The molecule has 2 atom stereocenters. The van der Waals surface area contributed by atoms with Crippen LogP contribution in [0.4, 0.5) is 5.00 Å². The number of allylic oxidation sites excluding steroid dienone is 2. The van der Waals surface area contributed by atoms with Crippen LogP contribution in [-0.2, 0) is 27.2 Å². The van der Waals surface area contributed by atoms with Gasteiger partial charge >= 0.3 is 0 Å². The SMILES string of the molecule is N#Cc1c(NC(=O)CN2C(=O)[C@H]3CC=C(Cl)C[C@@H]3C2=O)sc2c1CCC2. The number of likely N-dealkylation sites (tertiary alicyclic amines) is 1. The van der Waals surface area contributed by atoms with E-state index in [-0.39, 0.29) is 18.4 Å². The van der Waals surface area contributed by atoms with Gasteiger partial charge in [0.05, 0.1) is 17.4 Å². The van der Waals surface area contributed by atoms with Crippen molar-refractivity contribution in [3.05, 3.63) is 27.1 Å². The molecule has 2 heterocycles. The lowest BCUT2D eigenvalue weighted by atomic mass is 9.85. The van der Waals surface area contributed by atoms with Crippen LogP contribution in [0, 0.1) is 23.2 Å². The number of amides is 3. The highest BCUT2D eigenvalue weighted by Gasteiger charge is 2.48. The average molecular weight is 390 g/mol. The maximum atomic E-state index is 12.5. The fraction of sp³-hybridized carbons (Fsp3) is 0.444. The second-order valence-corrected chi connectivity index (χ2v) is 8.38. The zero-order chi connectivity index (χ0) is 18.4. The molecule has 1 aliphatic heterocycles. The van der Waals surface area contributed by atoms with E-state index in [2.05, 4.69) is 11.4 Å². The average Bonchev–Trinajstić information content (AvgIpc) is 3.24. The molecule has 0 bridgehead atoms. The molecular formula is C18H16ClN3O3S. The molecule has 3 amide bonds. The van der Waals surface area contributed by atoms with Crippen molar-refractivity contribution in [2.45, 2.75) is 32.1 Å². The molecule has 134 valence electrons. The molecule has 3 aliphatic rings. The van der Waals surface area contributed by atoms with Crippen LogP contribution in [0.25, 0.3) is 0 Å². The van der Waals surface area contributed by atoms with Gasteiger partial charge in [-0.25, -0.2) is 0 Å². The van der Waals surface area contributed by atoms with Crippen molar-refractivity contribution < 1.29 is 14.4 Å². The minimum absolute atomic E-state index is 0.315. The molecule has 0 aromatic carbocycles. The largest absolute Gasteiger partial charge is 0.315 e. The van der Waals surface area contributed by atoms with E-state index in [0.29, 0.717) is 28.4 Å². The zero-order valence-corrected chi connectivity index (χ0v) is 15.5. The summed E-state index contributed by atoms with van der Waals surface area (Å²) in [6, 6.07) is 2.16. The minimum Gasteiger partial charge on any atom is -0.315 e. The lowest BCUT2D eigenvalue weighted by Gasteiger charge is -2.17. The monoisotopic (exact) mass is 389 g/mol. The number of imide groups is 1. The van der Waals surface area contributed by atoms with Gasteiger partial charge in [0.2, 0.25) is 17.7 Å². The standard InChI is InChI=1S/C18H16ClN3O3S/c19-9-4-5-11-12(6-9)18(25)22(17(11)24)8-15(23)21-16-13(7-20)10-2-1-3-14(10)26-16/h4,11-12H,1-3,5-6,8H2,(H,21,23)/t11-,12-/m0/s1. The van der Waals surface area contributed by atoms with Crippen molar-refractivity contribution >= 4 is 45.7 Å². The summed E-state index contributed by atoms with van der Waals surface area (Å²) < 4.78 is 0. The number of halogens is 1. The fourth-order valence-corrected chi connectivity index (χ4v) is 5.48. The Morgan fingerprint density at radius 3 is 2.88 bits per heavy atom. The highest BCUT2D eigenvalue weighted by Crippen LogP contribution is 2.40. The van der Waals surface area contributed by atoms with Crippen LogP contribution in [0.3, 0.4) is 0 Å². The first kappa shape index (κ1) is 17.3. The van der Waals surface area contributed by atoms with Crippen molar-refractivity contribution in [2.24, 2.45) is 11.8 Å². The number of nitriles is 1. The Hall–Kier alpha value is -2.17. The summed E-state index contributed by atoms with van der Waals surface area (Å²) in [6.07, 6.45) is 5.35. The van der Waals surface area contributed by atoms with E-state index >= 15 is 0 Å². The van der Waals surface area contributed by atoms with Crippen molar-refractivity contribution in [2.75, 3.05) is 11.9 Å². The number of fused-ring (bicyclic) bond motifs is 2. The summed E-state index contributed by atoms with van der Waals surface area (Å²) in [5, 5.41) is 13.2. The van der Waals surface area contributed by atoms with Gasteiger partial charge in [-0.15, -0.1) is 11.3 Å². The molecule has 0 unspecified atom stereocenters. The Morgan fingerprint density at radius 1 is 1.35 bits per heavy atom. The molecule has 0 radical (unpaired) electrons. The first-order chi connectivity index (χ1) is 12.5. The molecule has 0 saturated carbocycles. The fourth-order valence-electron chi connectivity index (χ4n) is 3.97. The van der Waals surface area contributed by atoms with Crippen LogP contribution >= 0.6 is 22.9 Å². The van der Waals surface area contributed by atoms with Crippen molar-refractivity contribution in [1.82, 2.24) is 4.90 Å². The molecular weight excluding hydrogens is 374 g/mol. The second kappa shape index (κ2) is 6.53. The van der Waals surface area contributed by atoms with Gasteiger partial charge in [-0.3, -0.25) is 19.3 Å². The molecule has 4 rings (SSSR count). The van der Waals surface area contributed by atoms with Crippen LogP contribution in [0.2, 0.25) is 0 Å². The van der Waals surface area contributed by atoms with Gasteiger partial charge in [0.25, 0.3) is 0 Å². The molecule has 8 heteroatoms. The highest BCUT2D eigenvalue weighted by atomic mass is 35.5. The van der Waals surface area contributed by atoms with Crippen molar-refractivity contribution in [3.63, 3.8) is 0 Å². The summed E-state index contributed by atoms with van der Waals surface area (Å²) in [5.41, 5.74) is 1.53. The normalized spacial score (nSPS) is 24.2. The van der Waals surface area contributed by atoms with Crippen LogP contribution in [0.5, 0.6) is 0 Å². The molecule has 1 N–H and O–H groups in total. The second-order valence-electron chi connectivity index (χ2n) is 6.79. The van der Waals surface area contributed by atoms with Gasteiger partial charge in [0, 0.05) is 9.91 Å². The summed E-state index contributed by atoms with van der Waals surface area (Å²) in [7, 11) is 0. The Bertz CT molecular complexity index is 898. The third-order valence-corrected chi connectivity index (χ3v) is 6.76. The molecule has 6 nitrogen and oxygen atoms in total. The highest BCUT2D eigenvalue weighted by molar-refractivity contribution is 7.16. The van der Waals surface area contributed by atoms with Gasteiger partial charge in [-0.05, 0) is 37.7 Å². The number of aryl methyl sites for hydroxylation is 1. The van der Waals surface area contributed by atoms with Gasteiger partial charge < -0.3 is 5.32 Å². The molecule has 2 aliphatic carbocycles. The number of thiophene rings is 1. The van der Waals surface area contributed by atoms with E-state index in [1.54, 1.807) is 6.08 Å². The summed E-state index contributed by atoms with van der Waals surface area (Å²) in [6.45, 7) is -0.324. The number of nitrogens with zero attached hydrogens (tertiary/aromatic N) is 2. The number of hydrogen-bond acceptors (Lipinski definition) is 5. The van der Waals surface area contributed by atoms with Gasteiger partial charge in [0.1, 0.15) is 17.6 Å².